The van der Waals surface area contributed by atoms with Crippen molar-refractivity contribution >= 4 is 46.9 Å². The van der Waals surface area contributed by atoms with Gasteiger partial charge < -0.3 is 4.74 Å². The first kappa shape index (κ1) is 20.2. The fourth-order valence-corrected chi connectivity index (χ4v) is 3.09. The third-order valence-electron chi connectivity index (χ3n) is 3.75. The Balaban J connectivity index is 1.59. The monoisotopic (exact) mass is 432 g/mol. The summed E-state index contributed by atoms with van der Waals surface area (Å²) in [5, 5.41) is 5.09. The number of rotatable bonds is 6. The molecule has 1 N–H and O–H groups in total. The summed E-state index contributed by atoms with van der Waals surface area (Å²) in [6.07, 6.45) is 1.48. The quantitative estimate of drug-likeness (QED) is 0.383. The van der Waals surface area contributed by atoms with Crippen molar-refractivity contribution in [2.75, 3.05) is 0 Å². The van der Waals surface area contributed by atoms with Crippen molar-refractivity contribution in [1.29, 1.82) is 0 Å². The number of hydrogen-bond donors (Lipinski definition) is 1. The summed E-state index contributed by atoms with van der Waals surface area (Å²) in [7, 11) is 0. The normalized spacial score (nSPS) is 10.8. The molecule has 0 aliphatic rings. The van der Waals surface area contributed by atoms with Crippen LogP contribution in [0.25, 0.3) is 0 Å². The highest BCUT2D eigenvalue weighted by Gasteiger charge is 2.09. The van der Waals surface area contributed by atoms with Gasteiger partial charge in [0.25, 0.3) is 5.91 Å². The van der Waals surface area contributed by atoms with E-state index in [0.717, 1.165) is 5.56 Å². The smallest absolute Gasteiger partial charge is 0.272 e. The summed E-state index contributed by atoms with van der Waals surface area (Å²) in [5.74, 6) is 0.131. The van der Waals surface area contributed by atoms with Crippen LogP contribution >= 0.6 is 34.8 Å². The van der Waals surface area contributed by atoms with Crippen molar-refractivity contribution in [3.63, 3.8) is 0 Å². The number of benzene rings is 3. The van der Waals surface area contributed by atoms with Crippen molar-refractivity contribution in [2.45, 2.75) is 6.61 Å². The Bertz CT molecular complexity index is 1010. The lowest BCUT2D eigenvalue weighted by Gasteiger charge is -2.08. The van der Waals surface area contributed by atoms with Crippen LogP contribution in [0.2, 0.25) is 15.1 Å². The molecule has 0 saturated carbocycles. The van der Waals surface area contributed by atoms with Gasteiger partial charge in [-0.25, -0.2) is 5.43 Å². The van der Waals surface area contributed by atoms with Gasteiger partial charge in [-0.15, -0.1) is 0 Å². The van der Waals surface area contributed by atoms with Crippen molar-refractivity contribution < 1.29 is 9.53 Å². The van der Waals surface area contributed by atoms with E-state index in [1.165, 1.54) is 18.3 Å². The van der Waals surface area contributed by atoms with Crippen LogP contribution in [0.15, 0.2) is 71.8 Å². The zero-order chi connectivity index (χ0) is 19.9. The van der Waals surface area contributed by atoms with E-state index in [0.29, 0.717) is 28.0 Å². The minimum atomic E-state index is -0.438. The number of amides is 1. The van der Waals surface area contributed by atoms with Gasteiger partial charge >= 0.3 is 0 Å². The van der Waals surface area contributed by atoms with Gasteiger partial charge in [-0.1, -0.05) is 65.1 Å². The highest BCUT2D eigenvalue weighted by atomic mass is 35.5. The lowest BCUT2D eigenvalue weighted by Crippen LogP contribution is -2.18. The molecule has 0 spiro atoms. The van der Waals surface area contributed by atoms with Crippen LogP contribution in [0.1, 0.15) is 21.5 Å². The third-order valence-corrected chi connectivity index (χ3v) is 4.59. The second-order valence-electron chi connectivity index (χ2n) is 5.79. The molecule has 0 aliphatic carbocycles. The van der Waals surface area contributed by atoms with Crippen LogP contribution in [-0.4, -0.2) is 12.1 Å². The molecule has 7 heteroatoms. The van der Waals surface area contributed by atoms with Crippen molar-refractivity contribution in [3.05, 3.63) is 98.5 Å². The number of nitrogens with zero attached hydrogens (tertiary/aromatic N) is 1. The van der Waals surface area contributed by atoms with Crippen LogP contribution in [0.4, 0.5) is 0 Å². The van der Waals surface area contributed by atoms with E-state index in [1.54, 1.807) is 24.3 Å². The summed E-state index contributed by atoms with van der Waals surface area (Å²) < 4.78 is 5.73. The van der Waals surface area contributed by atoms with E-state index in [-0.39, 0.29) is 10.6 Å². The Labute approximate surface area is 177 Å². The maximum Gasteiger partial charge on any atom is 0.272 e. The van der Waals surface area contributed by atoms with Crippen molar-refractivity contribution in [2.24, 2.45) is 5.10 Å². The minimum absolute atomic E-state index is 0.253. The number of hydrogen-bond acceptors (Lipinski definition) is 3. The molecule has 0 aromatic heterocycles. The number of ether oxygens (including phenoxy) is 1. The molecule has 3 rings (SSSR count). The molecule has 142 valence electrons. The Morgan fingerprint density at radius 3 is 2.46 bits per heavy atom. The summed E-state index contributed by atoms with van der Waals surface area (Å²) in [6.45, 7) is 0.423. The molecule has 3 aromatic carbocycles. The maximum atomic E-state index is 12.1. The number of halogens is 3. The topological polar surface area (TPSA) is 50.7 Å². The first-order chi connectivity index (χ1) is 13.5. The molecule has 3 aromatic rings. The van der Waals surface area contributed by atoms with Crippen LogP contribution in [0.3, 0.4) is 0 Å². The minimum Gasteiger partial charge on any atom is -0.487 e. The molecule has 0 heterocycles. The zero-order valence-electron chi connectivity index (χ0n) is 14.5. The van der Waals surface area contributed by atoms with Crippen molar-refractivity contribution in [3.8, 4) is 5.75 Å². The average molecular weight is 434 g/mol. The van der Waals surface area contributed by atoms with E-state index >= 15 is 0 Å². The van der Waals surface area contributed by atoms with E-state index in [1.807, 2.05) is 30.3 Å². The van der Waals surface area contributed by atoms with Gasteiger partial charge in [0.1, 0.15) is 12.4 Å². The molecule has 0 aliphatic heterocycles. The Hall–Kier alpha value is -2.53. The van der Waals surface area contributed by atoms with E-state index < -0.39 is 5.91 Å². The highest BCUT2D eigenvalue weighted by molar-refractivity contribution is 6.36. The Kier molecular flexibility index (Phi) is 6.93. The molecular weight excluding hydrogens is 419 g/mol. The predicted octanol–water partition coefficient (Wildman–Crippen LogP) is 5.99. The van der Waals surface area contributed by atoms with Crippen LogP contribution in [0, 0.1) is 0 Å². The molecule has 0 unspecified atom stereocenters. The van der Waals surface area contributed by atoms with Gasteiger partial charge in [0.2, 0.25) is 0 Å². The molecule has 28 heavy (non-hydrogen) atoms. The second kappa shape index (κ2) is 9.60. The molecule has 4 nitrogen and oxygen atoms in total. The van der Waals surface area contributed by atoms with E-state index in [2.05, 4.69) is 10.5 Å². The van der Waals surface area contributed by atoms with Crippen LogP contribution in [0.5, 0.6) is 5.75 Å². The fourth-order valence-electron chi connectivity index (χ4n) is 2.35. The summed E-state index contributed by atoms with van der Waals surface area (Å²) in [5.41, 5.74) is 4.46. The SMILES string of the molecule is O=C(N/N=C\c1ccc(OCc2ccccc2)c(Cl)c1)c1ccc(Cl)cc1Cl. The van der Waals surface area contributed by atoms with Gasteiger partial charge in [-0.3, -0.25) is 4.79 Å². The third kappa shape index (κ3) is 5.49. The summed E-state index contributed by atoms with van der Waals surface area (Å²) >= 11 is 18.1. The van der Waals surface area contributed by atoms with Crippen LogP contribution < -0.4 is 10.2 Å². The largest absolute Gasteiger partial charge is 0.487 e. The number of nitrogens with one attached hydrogen (secondary N) is 1. The van der Waals surface area contributed by atoms with Gasteiger partial charge in [-0.05, 0) is 47.5 Å². The predicted molar refractivity (Wildman–Crippen MR) is 114 cm³/mol. The standard InChI is InChI=1S/C21H15Cl3N2O2/c22-16-7-8-17(18(23)11-16)21(27)26-25-12-15-6-9-20(19(24)10-15)28-13-14-4-2-1-3-5-14/h1-12H,13H2,(H,26,27)/b25-12-. The average Bonchev–Trinajstić information content (AvgIpc) is 2.68. The summed E-state index contributed by atoms with van der Waals surface area (Å²) in [6, 6.07) is 19.7. The molecule has 0 radical (unpaired) electrons. The number of carbonyl (C=O) groups is 1. The zero-order valence-corrected chi connectivity index (χ0v) is 16.8. The van der Waals surface area contributed by atoms with E-state index in [9.17, 15) is 4.79 Å². The molecule has 0 atom stereocenters. The Morgan fingerprint density at radius 2 is 1.75 bits per heavy atom. The molecule has 0 fully saturated rings. The van der Waals surface area contributed by atoms with Gasteiger partial charge in [0, 0.05) is 5.02 Å². The van der Waals surface area contributed by atoms with Gasteiger partial charge in [-0.2, -0.15) is 5.10 Å². The van der Waals surface area contributed by atoms with Gasteiger partial charge in [0.05, 0.1) is 21.8 Å². The van der Waals surface area contributed by atoms with Gasteiger partial charge in [0.15, 0.2) is 0 Å². The van der Waals surface area contributed by atoms with E-state index in [4.69, 9.17) is 39.5 Å². The lowest BCUT2D eigenvalue weighted by molar-refractivity contribution is 0.0955. The first-order valence-corrected chi connectivity index (χ1v) is 9.41. The molecule has 0 saturated heterocycles. The molecule has 1 amide bonds. The first-order valence-electron chi connectivity index (χ1n) is 8.27. The fraction of sp³-hybridized carbons (Fsp3) is 0.0476. The maximum absolute atomic E-state index is 12.1. The lowest BCUT2D eigenvalue weighted by atomic mass is 10.2. The molecular formula is C21H15Cl3N2O2. The second-order valence-corrected chi connectivity index (χ2v) is 7.04. The summed E-state index contributed by atoms with van der Waals surface area (Å²) in [4.78, 5) is 12.1. The number of hydrazone groups is 1. The van der Waals surface area contributed by atoms with Crippen LogP contribution in [-0.2, 0) is 6.61 Å². The highest BCUT2D eigenvalue weighted by Crippen LogP contribution is 2.26. The number of carbonyl (C=O) groups excluding carboxylic acids is 1. The Morgan fingerprint density at radius 1 is 0.964 bits per heavy atom. The molecule has 0 bridgehead atoms. The van der Waals surface area contributed by atoms with Crippen molar-refractivity contribution in [1.82, 2.24) is 5.43 Å².